The van der Waals surface area contributed by atoms with Crippen LogP contribution in [-0.4, -0.2) is 39.0 Å². The molecule has 19 heavy (non-hydrogen) atoms. The van der Waals surface area contributed by atoms with Crippen LogP contribution in [0.4, 0.5) is 0 Å². The van der Waals surface area contributed by atoms with Crippen molar-refractivity contribution in [2.24, 2.45) is 5.73 Å². The molecule has 1 saturated heterocycles. The summed E-state index contributed by atoms with van der Waals surface area (Å²) >= 11 is 0. The molecule has 0 aromatic heterocycles. The predicted octanol–water partition coefficient (Wildman–Crippen LogP) is -0.419. The van der Waals surface area contributed by atoms with E-state index in [-0.39, 0.29) is 19.1 Å². The molecule has 1 aliphatic rings. The second kappa shape index (κ2) is 5.25. The lowest BCUT2D eigenvalue weighted by Crippen LogP contribution is -2.36. The molecule has 0 spiro atoms. The Hall–Kier alpha value is -1.48. The van der Waals surface area contributed by atoms with Crippen molar-refractivity contribution in [1.82, 2.24) is 9.19 Å². The van der Waals surface area contributed by atoms with Gasteiger partial charge in [-0.15, -0.1) is 0 Å². The summed E-state index contributed by atoms with van der Waals surface area (Å²) in [5.74, 6) is -0.752. The zero-order valence-electron chi connectivity index (χ0n) is 10.4. The van der Waals surface area contributed by atoms with Crippen LogP contribution in [0.3, 0.4) is 0 Å². The molecule has 104 valence electrons. The Balaban J connectivity index is 2.25. The van der Waals surface area contributed by atoms with E-state index in [1.807, 2.05) is 0 Å². The van der Waals surface area contributed by atoms with Crippen LogP contribution in [0.1, 0.15) is 21.8 Å². The fraction of sp³-hybridized carbons (Fsp3) is 0.364. The van der Waals surface area contributed by atoms with Gasteiger partial charge in [0.25, 0.3) is 0 Å². The molecule has 1 fully saturated rings. The van der Waals surface area contributed by atoms with Crippen molar-refractivity contribution >= 4 is 16.1 Å². The number of carbonyl (C=O) groups is 1. The molecule has 8 heteroatoms. The first-order valence-corrected chi connectivity index (χ1v) is 7.12. The third-order valence-electron chi connectivity index (χ3n) is 2.98. The van der Waals surface area contributed by atoms with Gasteiger partial charge in [-0.05, 0) is 11.6 Å². The smallest absolute Gasteiger partial charge is 0.301 e. The molecule has 0 aliphatic carbocycles. The number of amides is 1. The third-order valence-corrected chi connectivity index (χ3v) is 4.29. The lowest BCUT2D eigenvalue weighted by molar-refractivity contribution is -0.0298. The van der Waals surface area contributed by atoms with Crippen molar-refractivity contribution in [3.8, 4) is 0 Å². The minimum Gasteiger partial charge on any atom is -0.366 e. The Morgan fingerprint density at radius 2 is 2.16 bits per heavy atom. The van der Waals surface area contributed by atoms with Crippen molar-refractivity contribution < 1.29 is 18.0 Å². The molecule has 1 aromatic carbocycles. The maximum absolute atomic E-state index is 11.6. The molecule has 0 saturated carbocycles. The highest BCUT2D eigenvalue weighted by Gasteiger charge is 2.34. The fourth-order valence-electron chi connectivity index (χ4n) is 1.99. The van der Waals surface area contributed by atoms with E-state index in [4.69, 9.17) is 10.6 Å². The largest absolute Gasteiger partial charge is 0.366 e. The van der Waals surface area contributed by atoms with Gasteiger partial charge in [0.1, 0.15) is 0 Å². The maximum Gasteiger partial charge on any atom is 0.301 e. The van der Waals surface area contributed by atoms with Crippen LogP contribution in [0, 0.1) is 0 Å². The number of hydrogen-bond acceptors (Lipinski definition) is 4. The molecule has 2 rings (SSSR count). The van der Waals surface area contributed by atoms with E-state index < -0.39 is 16.1 Å². The summed E-state index contributed by atoms with van der Waals surface area (Å²) in [7, 11) is -2.32. The fourth-order valence-corrected chi connectivity index (χ4v) is 2.77. The average molecular weight is 285 g/mol. The van der Waals surface area contributed by atoms with Gasteiger partial charge in [0.15, 0.2) is 0 Å². The number of nitrogens with zero attached hydrogens (tertiary/aromatic N) is 1. The summed E-state index contributed by atoms with van der Waals surface area (Å²) in [5.41, 5.74) is 6.39. The van der Waals surface area contributed by atoms with E-state index in [0.29, 0.717) is 11.1 Å². The zero-order valence-corrected chi connectivity index (χ0v) is 11.2. The number of benzene rings is 1. The van der Waals surface area contributed by atoms with Gasteiger partial charge >= 0.3 is 10.2 Å². The second-order valence-electron chi connectivity index (χ2n) is 4.14. The molecule has 0 unspecified atom stereocenters. The summed E-state index contributed by atoms with van der Waals surface area (Å²) < 4.78 is 26.2. The molecule has 1 aromatic rings. The number of hydroxylamine groups is 1. The Kier molecular flexibility index (Phi) is 3.85. The number of primary amides is 1. The van der Waals surface area contributed by atoms with Crippen LogP contribution in [-0.2, 0) is 15.0 Å². The summed E-state index contributed by atoms with van der Waals surface area (Å²) in [6.07, 6.45) is 0. The number of carbonyl (C=O) groups excluding carboxylic acids is 1. The first-order chi connectivity index (χ1) is 8.95. The normalized spacial score (nSPS) is 20.6. The lowest BCUT2D eigenvalue weighted by atomic mass is 9.95. The Labute approximate surface area is 111 Å². The first kappa shape index (κ1) is 13.9. The van der Waals surface area contributed by atoms with E-state index >= 15 is 0 Å². The quantitative estimate of drug-likeness (QED) is 0.784. The summed E-state index contributed by atoms with van der Waals surface area (Å²) in [6, 6.07) is 6.86. The van der Waals surface area contributed by atoms with Crippen LogP contribution in [0.15, 0.2) is 24.3 Å². The van der Waals surface area contributed by atoms with Crippen molar-refractivity contribution in [1.29, 1.82) is 0 Å². The third kappa shape index (κ3) is 2.76. The number of nitrogens with two attached hydrogens (primary N) is 1. The Bertz CT molecular complexity index is 587. The topological polar surface area (TPSA) is 102 Å². The molecule has 1 heterocycles. The minimum absolute atomic E-state index is 0.146. The molecule has 3 N–H and O–H groups in total. The van der Waals surface area contributed by atoms with Gasteiger partial charge in [-0.25, -0.2) is 4.72 Å². The van der Waals surface area contributed by atoms with E-state index in [0.717, 1.165) is 4.47 Å². The standard InChI is InChI=1S/C11H15N3O4S/c1-13-19(16,17)14-6-8(7-18-14)9-4-2-3-5-10(9)11(12)15/h2-5,8,13H,6-7H2,1H3,(H2,12,15)/t8-/m0/s1. The first-order valence-electron chi connectivity index (χ1n) is 5.68. The molecule has 0 bridgehead atoms. The molecule has 7 nitrogen and oxygen atoms in total. The number of rotatable bonds is 4. The molecular formula is C11H15N3O4S. The van der Waals surface area contributed by atoms with Crippen LogP contribution < -0.4 is 10.5 Å². The van der Waals surface area contributed by atoms with Gasteiger partial charge in [0.2, 0.25) is 5.91 Å². The molecule has 0 radical (unpaired) electrons. The van der Waals surface area contributed by atoms with E-state index in [1.54, 1.807) is 24.3 Å². The monoisotopic (exact) mass is 285 g/mol. The highest BCUT2D eigenvalue weighted by atomic mass is 32.2. The molecule has 1 amide bonds. The summed E-state index contributed by atoms with van der Waals surface area (Å²) in [6.45, 7) is 0.332. The predicted molar refractivity (Wildman–Crippen MR) is 68.3 cm³/mol. The van der Waals surface area contributed by atoms with Gasteiger partial charge in [-0.2, -0.15) is 8.42 Å². The van der Waals surface area contributed by atoms with E-state index in [1.165, 1.54) is 7.05 Å². The van der Waals surface area contributed by atoms with Crippen LogP contribution >= 0.6 is 0 Å². The van der Waals surface area contributed by atoms with E-state index in [9.17, 15) is 13.2 Å². The Morgan fingerprint density at radius 3 is 2.79 bits per heavy atom. The van der Waals surface area contributed by atoms with Crippen LogP contribution in [0.5, 0.6) is 0 Å². The van der Waals surface area contributed by atoms with Crippen molar-refractivity contribution in [3.05, 3.63) is 35.4 Å². The number of hydrogen-bond donors (Lipinski definition) is 2. The van der Waals surface area contributed by atoms with Gasteiger partial charge in [0.05, 0.1) is 13.2 Å². The van der Waals surface area contributed by atoms with Gasteiger partial charge in [-0.3, -0.25) is 9.63 Å². The van der Waals surface area contributed by atoms with Gasteiger partial charge in [0, 0.05) is 18.5 Å². The molecular weight excluding hydrogens is 270 g/mol. The second-order valence-corrected chi connectivity index (χ2v) is 5.90. The maximum atomic E-state index is 11.6. The minimum atomic E-state index is -3.63. The zero-order chi connectivity index (χ0) is 14.0. The molecule has 1 aliphatic heterocycles. The Morgan fingerprint density at radius 1 is 1.47 bits per heavy atom. The summed E-state index contributed by atoms with van der Waals surface area (Å²) in [5, 5.41) is 0. The van der Waals surface area contributed by atoms with E-state index in [2.05, 4.69) is 4.72 Å². The van der Waals surface area contributed by atoms with Crippen LogP contribution in [0.25, 0.3) is 0 Å². The van der Waals surface area contributed by atoms with Crippen molar-refractivity contribution in [2.45, 2.75) is 5.92 Å². The lowest BCUT2D eigenvalue weighted by Gasteiger charge is -2.14. The summed E-state index contributed by atoms with van der Waals surface area (Å²) in [4.78, 5) is 16.5. The van der Waals surface area contributed by atoms with Crippen LogP contribution in [0.2, 0.25) is 0 Å². The SMILES string of the molecule is CNS(=O)(=O)N1C[C@H](c2ccccc2C(N)=O)CO1. The highest BCUT2D eigenvalue weighted by molar-refractivity contribution is 7.87. The van der Waals surface area contributed by atoms with Crippen molar-refractivity contribution in [3.63, 3.8) is 0 Å². The van der Waals surface area contributed by atoms with Gasteiger partial charge < -0.3 is 5.73 Å². The van der Waals surface area contributed by atoms with Gasteiger partial charge in [-0.1, -0.05) is 22.7 Å². The van der Waals surface area contributed by atoms with Crippen molar-refractivity contribution in [2.75, 3.05) is 20.2 Å². The highest BCUT2D eigenvalue weighted by Crippen LogP contribution is 2.27. The average Bonchev–Trinajstić information content (AvgIpc) is 2.89. The number of nitrogens with one attached hydrogen (secondary N) is 1. The molecule has 1 atom stereocenters.